The fourth-order valence-corrected chi connectivity index (χ4v) is 7.58. The Morgan fingerprint density at radius 1 is 0.431 bits per heavy atom. The van der Waals surface area contributed by atoms with Crippen LogP contribution in [0.1, 0.15) is 52.7 Å². The maximum Gasteiger partial charge on any atom is 0.143 e. The van der Waals surface area contributed by atoms with Crippen molar-refractivity contribution in [3.8, 4) is 11.1 Å². The van der Waals surface area contributed by atoms with Gasteiger partial charge in [-0.25, -0.2) is 0 Å². The van der Waals surface area contributed by atoms with E-state index in [-0.39, 0.29) is 10.8 Å². The van der Waals surface area contributed by atoms with Crippen molar-refractivity contribution in [2.24, 2.45) is 0 Å². The van der Waals surface area contributed by atoms with E-state index < -0.39 is 0 Å². The molecule has 250 valence electrons. The summed E-state index contributed by atoms with van der Waals surface area (Å²) in [7, 11) is 0. The monoisotopic (exact) mass is 663 g/mol. The third kappa shape index (κ3) is 5.19. The third-order valence-electron chi connectivity index (χ3n) is 10.4. The molecule has 0 amide bonds. The molecule has 0 N–H and O–H groups in total. The van der Waals surface area contributed by atoms with Crippen LogP contribution in [0.15, 0.2) is 148 Å². The van der Waals surface area contributed by atoms with E-state index in [1.807, 2.05) is 6.07 Å². The molecule has 9 aromatic rings. The van der Waals surface area contributed by atoms with Crippen LogP contribution in [-0.2, 0) is 10.8 Å². The Kier molecular flexibility index (Phi) is 6.95. The topological polar surface area (TPSA) is 29.5 Å². The lowest BCUT2D eigenvalue weighted by atomic mass is 9.86. The van der Waals surface area contributed by atoms with Gasteiger partial charge < -0.3 is 13.7 Å². The lowest BCUT2D eigenvalue weighted by molar-refractivity contribution is 0.590. The Morgan fingerprint density at radius 2 is 1.08 bits per heavy atom. The summed E-state index contributed by atoms with van der Waals surface area (Å²) in [5.41, 5.74) is 11.6. The van der Waals surface area contributed by atoms with Gasteiger partial charge in [-0.15, -0.1) is 0 Å². The van der Waals surface area contributed by atoms with E-state index in [0.29, 0.717) is 0 Å². The quantitative estimate of drug-likeness (QED) is 0.188. The van der Waals surface area contributed by atoms with Crippen LogP contribution >= 0.6 is 0 Å². The standard InChI is InChI=1S/C48H41NO2/c1-47(2,3)31-19-22-33(23-20-31)49(34-24-25-37-40-28-32(48(4,5)6)21-27-43(40)50-44(37)29-34)41-26-18-30-12-7-8-13-35(30)45(41)39-16-11-15-38-36-14-9-10-17-42(36)51-46(38)39/h7-29H,1-6H3. The van der Waals surface area contributed by atoms with E-state index in [0.717, 1.165) is 72.1 Å². The van der Waals surface area contributed by atoms with Crippen LogP contribution in [-0.4, -0.2) is 0 Å². The van der Waals surface area contributed by atoms with Gasteiger partial charge in [-0.3, -0.25) is 0 Å². The van der Waals surface area contributed by atoms with Crippen molar-refractivity contribution in [3.05, 3.63) is 151 Å². The Labute approximate surface area is 298 Å². The van der Waals surface area contributed by atoms with Gasteiger partial charge >= 0.3 is 0 Å². The third-order valence-corrected chi connectivity index (χ3v) is 10.4. The summed E-state index contributed by atoms with van der Waals surface area (Å²) in [6.45, 7) is 13.5. The summed E-state index contributed by atoms with van der Waals surface area (Å²) < 4.78 is 13.3. The first kappa shape index (κ1) is 31.2. The largest absolute Gasteiger partial charge is 0.456 e. The van der Waals surface area contributed by atoms with E-state index in [1.165, 1.54) is 21.9 Å². The number of hydrogen-bond acceptors (Lipinski definition) is 3. The molecule has 0 saturated carbocycles. The van der Waals surface area contributed by atoms with Gasteiger partial charge in [0.15, 0.2) is 0 Å². The second-order valence-corrected chi connectivity index (χ2v) is 15.8. The average Bonchev–Trinajstić information content (AvgIpc) is 3.69. The highest BCUT2D eigenvalue weighted by molar-refractivity contribution is 6.15. The molecule has 0 atom stereocenters. The number of fused-ring (bicyclic) bond motifs is 7. The highest BCUT2D eigenvalue weighted by atomic mass is 16.3. The van der Waals surface area contributed by atoms with Gasteiger partial charge in [-0.05, 0) is 81.3 Å². The van der Waals surface area contributed by atoms with Crippen molar-refractivity contribution in [1.29, 1.82) is 0 Å². The van der Waals surface area contributed by atoms with Crippen LogP contribution in [0.25, 0.3) is 65.8 Å². The van der Waals surface area contributed by atoms with Gasteiger partial charge in [0.1, 0.15) is 22.3 Å². The van der Waals surface area contributed by atoms with Gasteiger partial charge in [-0.2, -0.15) is 0 Å². The maximum absolute atomic E-state index is 6.68. The molecule has 51 heavy (non-hydrogen) atoms. The molecule has 9 rings (SSSR count). The Bertz CT molecular complexity index is 2770. The summed E-state index contributed by atoms with van der Waals surface area (Å²) in [6.07, 6.45) is 0. The van der Waals surface area contributed by atoms with Crippen LogP contribution in [0.4, 0.5) is 17.1 Å². The van der Waals surface area contributed by atoms with Crippen molar-refractivity contribution in [3.63, 3.8) is 0 Å². The van der Waals surface area contributed by atoms with E-state index in [1.54, 1.807) is 0 Å². The van der Waals surface area contributed by atoms with Crippen LogP contribution < -0.4 is 4.90 Å². The lowest BCUT2D eigenvalue weighted by Crippen LogP contribution is -2.14. The predicted octanol–water partition coefficient (Wildman–Crippen LogP) is 14.4. The van der Waals surface area contributed by atoms with E-state index in [9.17, 15) is 0 Å². The first-order valence-corrected chi connectivity index (χ1v) is 17.8. The molecule has 3 heteroatoms. The molecular formula is C48H41NO2. The molecule has 3 nitrogen and oxygen atoms in total. The van der Waals surface area contributed by atoms with Gasteiger partial charge in [0.25, 0.3) is 0 Å². The SMILES string of the molecule is CC(C)(C)c1ccc(N(c2ccc3c(c2)oc2ccc(C(C)(C)C)cc23)c2ccc3ccccc3c2-c2cccc3c2oc2ccccc23)cc1. The molecule has 0 unspecified atom stereocenters. The molecule has 2 aromatic heterocycles. The van der Waals surface area contributed by atoms with E-state index in [4.69, 9.17) is 8.83 Å². The van der Waals surface area contributed by atoms with Gasteiger partial charge in [0, 0.05) is 50.1 Å². The summed E-state index contributed by atoms with van der Waals surface area (Å²) in [5.74, 6) is 0. The minimum atomic E-state index is 0.0352. The zero-order chi connectivity index (χ0) is 35.1. The lowest BCUT2D eigenvalue weighted by Gasteiger charge is -2.29. The molecule has 0 bridgehead atoms. The minimum absolute atomic E-state index is 0.0352. The number of hydrogen-bond donors (Lipinski definition) is 0. The number of nitrogens with zero attached hydrogens (tertiary/aromatic N) is 1. The van der Waals surface area contributed by atoms with Crippen molar-refractivity contribution in [2.45, 2.75) is 52.4 Å². The summed E-state index contributed by atoms with van der Waals surface area (Å²) in [6, 6.07) is 50.3. The van der Waals surface area contributed by atoms with Gasteiger partial charge in [0.05, 0.1) is 5.69 Å². The van der Waals surface area contributed by atoms with Crippen molar-refractivity contribution in [1.82, 2.24) is 0 Å². The summed E-state index contributed by atoms with van der Waals surface area (Å²) in [5, 5.41) is 6.84. The molecule has 0 spiro atoms. The molecule has 2 heterocycles. The fourth-order valence-electron chi connectivity index (χ4n) is 7.58. The number of rotatable bonds is 4. The zero-order valence-corrected chi connectivity index (χ0v) is 30.0. The first-order valence-electron chi connectivity index (χ1n) is 17.8. The van der Waals surface area contributed by atoms with Crippen LogP contribution in [0.5, 0.6) is 0 Å². The molecular weight excluding hydrogens is 623 g/mol. The normalized spacial score (nSPS) is 12.5. The Hall–Kier alpha value is -5.80. The first-order chi connectivity index (χ1) is 24.5. The zero-order valence-electron chi connectivity index (χ0n) is 30.0. The van der Waals surface area contributed by atoms with E-state index in [2.05, 4.69) is 180 Å². The minimum Gasteiger partial charge on any atom is -0.456 e. The van der Waals surface area contributed by atoms with Crippen molar-refractivity contribution in [2.75, 3.05) is 4.90 Å². The van der Waals surface area contributed by atoms with Crippen molar-refractivity contribution >= 4 is 71.7 Å². The maximum atomic E-state index is 6.68. The van der Waals surface area contributed by atoms with Crippen LogP contribution in [0.3, 0.4) is 0 Å². The molecule has 0 aliphatic heterocycles. The van der Waals surface area contributed by atoms with E-state index >= 15 is 0 Å². The highest BCUT2D eigenvalue weighted by Crippen LogP contribution is 2.48. The number of para-hydroxylation sites is 2. The molecule has 0 saturated heterocycles. The second kappa shape index (κ2) is 11.4. The Morgan fingerprint density at radius 3 is 1.86 bits per heavy atom. The van der Waals surface area contributed by atoms with Gasteiger partial charge in [0.2, 0.25) is 0 Å². The predicted molar refractivity (Wildman–Crippen MR) is 216 cm³/mol. The van der Waals surface area contributed by atoms with Crippen LogP contribution in [0.2, 0.25) is 0 Å². The van der Waals surface area contributed by atoms with Crippen molar-refractivity contribution < 1.29 is 8.83 Å². The molecule has 0 aliphatic rings. The number of furan rings is 2. The second-order valence-electron chi connectivity index (χ2n) is 15.8. The van der Waals surface area contributed by atoms with Gasteiger partial charge in [-0.1, -0.05) is 126 Å². The molecule has 0 fully saturated rings. The molecule has 0 radical (unpaired) electrons. The fraction of sp³-hybridized carbons (Fsp3) is 0.167. The highest BCUT2D eigenvalue weighted by Gasteiger charge is 2.24. The Balaban J connectivity index is 1.33. The summed E-state index contributed by atoms with van der Waals surface area (Å²) in [4.78, 5) is 2.38. The van der Waals surface area contributed by atoms with Crippen LogP contribution in [0, 0.1) is 0 Å². The number of anilines is 3. The summed E-state index contributed by atoms with van der Waals surface area (Å²) >= 11 is 0. The average molecular weight is 664 g/mol. The molecule has 0 aliphatic carbocycles. The smallest absolute Gasteiger partial charge is 0.143 e. The molecule has 7 aromatic carbocycles. The number of benzene rings is 7.